The third-order valence-electron chi connectivity index (χ3n) is 8.14. The van der Waals surface area contributed by atoms with Crippen molar-refractivity contribution in [3.8, 4) is 11.1 Å². The van der Waals surface area contributed by atoms with E-state index in [4.69, 9.17) is 11.6 Å². The lowest BCUT2D eigenvalue weighted by Gasteiger charge is -2.28. The number of carboxylic acid groups (broad SMARTS) is 1. The Morgan fingerprint density at radius 2 is 1.71 bits per heavy atom. The highest BCUT2D eigenvalue weighted by molar-refractivity contribution is 6.30. The number of hydrogen-bond donors (Lipinski definition) is 3. The van der Waals surface area contributed by atoms with Crippen LogP contribution in [-0.4, -0.2) is 33.5 Å². The molecule has 8 nitrogen and oxygen atoms in total. The molecule has 0 unspecified atom stereocenters. The van der Waals surface area contributed by atoms with Gasteiger partial charge in [-0.15, -0.1) is 0 Å². The maximum atomic E-state index is 15.2. The second-order valence-corrected chi connectivity index (χ2v) is 12.7. The Hall–Kier alpha value is -4.05. The number of aromatic nitrogens is 1. The molecule has 1 fully saturated rings. The summed E-state index contributed by atoms with van der Waals surface area (Å²) in [6, 6.07) is 6.75. The number of rotatable bonds is 12. The van der Waals surface area contributed by atoms with E-state index in [2.05, 4.69) is 10.6 Å². The predicted octanol–water partition coefficient (Wildman–Crippen LogP) is 6.66. The van der Waals surface area contributed by atoms with Crippen LogP contribution in [0.25, 0.3) is 11.1 Å². The quantitative estimate of drug-likeness (QED) is 0.205. The van der Waals surface area contributed by atoms with E-state index in [1.165, 1.54) is 12.1 Å². The molecule has 2 amide bonds. The molecule has 11 heteroatoms. The minimum atomic E-state index is -1.41. The van der Waals surface area contributed by atoms with E-state index in [9.17, 15) is 28.7 Å². The summed E-state index contributed by atoms with van der Waals surface area (Å²) < 4.78 is 31.8. The van der Waals surface area contributed by atoms with Crippen LogP contribution in [0.4, 0.5) is 8.78 Å². The molecule has 1 saturated carbocycles. The molecule has 240 valence electrons. The molecule has 0 spiro atoms. The zero-order valence-corrected chi connectivity index (χ0v) is 26.5. The molecule has 1 aliphatic rings. The number of nitrogens with zero attached hydrogens (tertiary/aromatic N) is 1. The first-order valence-corrected chi connectivity index (χ1v) is 15.4. The van der Waals surface area contributed by atoms with Crippen molar-refractivity contribution in [3.63, 3.8) is 0 Å². The summed E-state index contributed by atoms with van der Waals surface area (Å²) in [7, 11) is 0. The van der Waals surface area contributed by atoms with Crippen LogP contribution in [0.5, 0.6) is 0 Å². The molecule has 0 radical (unpaired) electrons. The number of aryl methyl sites for hydroxylation is 2. The van der Waals surface area contributed by atoms with Gasteiger partial charge in [0.25, 0.3) is 11.5 Å². The van der Waals surface area contributed by atoms with Gasteiger partial charge in [-0.05, 0) is 104 Å². The number of nitrogens with one attached hydrogen (secondary N) is 2. The van der Waals surface area contributed by atoms with Gasteiger partial charge in [0, 0.05) is 35.3 Å². The van der Waals surface area contributed by atoms with Crippen molar-refractivity contribution in [1.82, 2.24) is 15.2 Å². The highest BCUT2D eigenvalue weighted by atomic mass is 35.5. The Bertz CT molecular complexity index is 1640. The topological polar surface area (TPSA) is 118 Å². The van der Waals surface area contributed by atoms with E-state index in [1.807, 2.05) is 13.8 Å². The lowest BCUT2D eigenvalue weighted by Crippen LogP contribution is -2.43. The summed E-state index contributed by atoms with van der Waals surface area (Å²) in [5.41, 5.74) is 1.57. The number of hydrogen-bond acceptors (Lipinski definition) is 4. The van der Waals surface area contributed by atoms with Crippen LogP contribution in [0.1, 0.15) is 91.5 Å². The molecular formula is C34H38ClF2N3O5. The Kier molecular flexibility index (Phi) is 10.8. The van der Waals surface area contributed by atoms with Crippen LogP contribution in [-0.2, 0) is 9.59 Å². The molecule has 0 aliphatic heterocycles. The summed E-state index contributed by atoms with van der Waals surface area (Å²) in [5.74, 6) is -5.03. The molecule has 2 atom stereocenters. The van der Waals surface area contributed by atoms with Gasteiger partial charge in [-0.25, -0.2) is 8.78 Å². The van der Waals surface area contributed by atoms with E-state index in [0.29, 0.717) is 33.7 Å². The average Bonchev–Trinajstić information content (AvgIpc) is 2.89. The van der Waals surface area contributed by atoms with E-state index >= 15 is 4.39 Å². The molecule has 1 aromatic heterocycles. The molecule has 3 aromatic rings. The summed E-state index contributed by atoms with van der Waals surface area (Å²) in [4.78, 5) is 51.3. The molecule has 4 rings (SSSR count). The van der Waals surface area contributed by atoms with Crippen molar-refractivity contribution in [1.29, 1.82) is 0 Å². The second-order valence-electron chi connectivity index (χ2n) is 12.2. The number of carbonyl (C=O) groups excluding carboxylic acids is 2. The van der Waals surface area contributed by atoms with Gasteiger partial charge in [0.1, 0.15) is 5.56 Å². The van der Waals surface area contributed by atoms with Gasteiger partial charge in [-0.1, -0.05) is 25.4 Å². The van der Waals surface area contributed by atoms with Gasteiger partial charge < -0.3 is 20.3 Å². The molecular weight excluding hydrogens is 604 g/mol. The smallest absolute Gasteiger partial charge is 0.305 e. The first-order valence-electron chi connectivity index (χ1n) is 15.0. The van der Waals surface area contributed by atoms with Crippen molar-refractivity contribution in [2.24, 2.45) is 5.92 Å². The minimum absolute atomic E-state index is 0.0375. The van der Waals surface area contributed by atoms with E-state index in [1.54, 1.807) is 42.8 Å². The van der Waals surface area contributed by atoms with Crippen LogP contribution >= 0.6 is 11.6 Å². The predicted molar refractivity (Wildman–Crippen MR) is 168 cm³/mol. The number of pyridine rings is 1. The molecule has 2 aromatic carbocycles. The van der Waals surface area contributed by atoms with Crippen LogP contribution in [0.3, 0.4) is 0 Å². The van der Waals surface area contributed by atoms with Crippen molar-refractivity contribution in [2.45, 2.75) is 84.3 Å². The average molecular weight is 642 g/mol. The van der Waals surface area contributed by atoms with Crippen LogP contribution in [0, 0.1) is 31.4 Å². The largest absolute Gasteiger partial charge is 0.481 e. The van der Waals surface area contributed by atoms with Gasteiger partial charge in [0.2, 0.25) is 5.91 Å². The SMILES string of the molecule is Cc1cc(Cl)cc(C)c1-c1cc(F)c(F)c([C@H](CC(=O)O)NC(=O)C[C@H](CC(C)C)NC(=O)c2cccn(C3CCC3)c2=O)c1. The number of amides is 2. The molecule has 0 saturated heterocycles. The molecule has 0 bridgehead atoms. The Morgan fingerprint density at radius 1 is 1.04 bits per heavy atom. The maximum absolute atomic E-state index is 15.2. The Labute approximate surface area is 265 Å². The van der Waals surface area contributed by atoms with Crippen molar-refractivity contribution >= 4 is 29.4 Å². The first-order chi connectivity index (χ1) is 21.2. The highest BCUT2D eigenvalue weighted by Gasteiger charge is 2.28. The Morgan fingerprint density at radius 3 is 2.29 bits per heavy atom. The fraction of sp³-hybridized carbons (Fsp3) is 0.412. The van der Waals surface area contributed by atoms with Gasteiger partial charge >= 0.3 is 5.97 Å². The van der Waals surface area contributed by atoms with Crippen molar-refractivity contribution in [3.05, 3.63) is 91.9 Å². The van der Waals surface area contributed by atoms with Crippen LogP contribution < -0.4 is 16.2 Å². The first kappa shape index (κ1) is 33.8. The summed E-state index contributed by atoms with van der Waals surface area (Å²) in [6.07, 6.45) is 3.80. The van der Waals surface area contributed by atoms with Gasteiger partial charge in [0.05, 0.1) is 12.5 Å². The number of aliphatic carboxylic acids is 1. The molecule has 1 aliphatic carbocycles. The second kappa shape index (κ2) is 14.4. The minimum Gasteiger partial charge on any atom is -0.481 e. The molecule has 45 heavy (non-hydrogen) atoms. The van der Waals surface area contributed by atoms with E-state index in [-0.39, 0.29) is 29.5 Å². The lowest BCUT2D eigenvalue weighted by molar-refractivity contribution is -0.137. The van der Waals surface area contributed by atoms with E-state index < -0.39 is 53.5 Å². The summed E-state index contributed by atoms with van der Waals surface area (Å²) in [6.45, 7) is 7.35. The standard InChI is InChI=1S/C34H38ClF2N3O5/c1-18(2)11-23(38-33(44)25-9-6-10-40(34(25)45)24-7-5-8-24)16-29(41)39-28(17-30(42)43)26-14-21(15-27(36)32(26)37)31-19(3)12-22(35)13-20(31)4/h6,9-10,12-15,18,23-24,28H,5,7-8,11,16-17H2,1-4H3,(H,38,44)(H,39,41)(H,42,43)/t23-,28-/m0/s1. The van der Waals surface area contributed by atoms with Crippen molar-refractivity contribution in [2.75, 3.05) is 0 Å². The molecule has 1 heterocycles. The van der Waals surface area contributed by atoms with Gasteiger partial charge in [0.15, 0.2) is 11.6 Å². The third-order valence-corrected chi connectivity index (χ3v) is 8.36. The number of carbonyl (C=O) groups is 3. The summed E-state index contributed by atoms with van der Waals surface area (Å²) >= 11 is 6.15. The monoisotopic (exact) mass is 641 g/mol. The zero-order chi connectivity index (χ0) is 33.0. The Balaban J connectivity index is 1.59. The normalized spacial score (nSPS) is 14.5. The number of halogens is 3. The zero-order valence-electron chi connectivity index (χ0n) is 25.8. The van der Waals surface area contributed by atoms with Crippen molar-refractivity contribution < 1.29 is 28.3 Å². The van der Waals surface area contributed by atoms with Gasteiger partial charge in [-0.3, -0.25) is 19.2 Å². The maximum Gasteiger partial charge on any atom is 0.305 e. The fourth-order valence-electron chi connectivity index (χ4n) is 5.93. The third kappa shape index (κ3) is 8.16. The fourth-order valence-corrected chi connectivity index (χ4v) is 6.25. The van der Waals surface area contributed by atoms with Gasteiger partial charge in [-0.2, -0.15) is 0 Å². The number of benzene rings is 2. The van der Waals surface area contributed by atoms with E-state index in [0.717, 1.165) is 25.3 Å². The summed E-state index contributed by atoms with van der Waals surface area (Å²) in [5, 5.41) is 15.4. The van der Waals surface area contributed by atoms with Crippen LogP contribution in [0.15, 0.2) is 47.4 Å². The van der Waals surface area contributed by atoms with Crippen LogP contribution in [0.2, 0.25) is 5.02 Å². The highest BCUT2D eigenvalue weighted by Crippen LogP contribution is 2.34. The molecule has 3 N–H and O–H groups in total. The number of carboxylic acids is 1. The lowest BCUT2D eigenvalue weighted by atomic mass is 9.92.